The van der Waals surface area contributed by atoms with Gasteiger partial charge >= 0.3 is 5.97 Å². The van der Waals surface area contributed by atoms with E-state index in [1.54, 1.807) is 12.3 Å². The topological polar surface area (TPSA) is 49.7 Å². The highest BCUT2D eigenvalue weighted by atomic mass is 16.4. The normalized spacial score (nSPS) is 19.0. The van der Waals surface area contributed by atoms with Crippen LogP contribution in [-0.2, 0) is 4.79 Å². The quantitative estimate of drug-likeness (QED) is 0.758. The smallest absolute Gasteiger partial charge is 0.332 e. The van der Waals surface area contributed by atoms with Crippen molar-refractivity contribution in [1.29, 1.82) is 0 Å². The zero-order valence-electron chi connectivity index (χ0n) is 8.34. The van der Waals surface area contributed by atoms with Gasteiger partial charge in [0.25, 0.3) is 0 Å². The van der Waals surface area contributed by atoms with Gasteiger partial charge in [-0.1, -0.05) is 25.1 Å². The molecule has 0 aromatic heterocycles. The molecule has 0 aliphatic carbocycles. The second-order valence-electron chi connectivity index (χ2n) is 3.53. The van der Waals surface area contributed by atoms with Crippen LogP contribution < -0.4 is 0 Å². The maximum absolute atomic E-state index is 11.0. The molecule has 2 rings (SSSR count). The monoisotopic (exact) mass is 201 g/mol. The zero-order valence-corrected chi connectivity index (χ0v) is 8.34. The van der Waals surface area contributed by atoms with E-state index in [1.807, 2.05) is 31.2 Å². The predicted octanol–water partition coefficient (Wildman–Crippen LogP) is 2.51. The van der Waals surface area contributed by atoms with Gasteiger partial charge in [0.15, 0.2) is 0 Å². The minimum atomic E-state index is -0.884. The van der Waals surface area contributed by atoms with E-state index < -0.39 is 5.97 Å². The van der Waals surface area contributed by atoms with Crippen molar-refractivity contribution in [2.24, 2.45) is 10.9 Å². The van der Waals surface area contributed by atoms with Crippen molar-refractivity contribution < 1.29 is 9.90 Å². The molecule has 0 saturated carbocycles. The summed E-state index contributed by atoms with van der Waals surface area (Å²) in [6.45, 7) is 1.83. The largest absolute Gasteiger partial charge is 0.478 e. The summed E-state index contributed by atoms with van der Waals surface area (Å²) in [6, 6.07) is 7.51. The number of fused-ring (bicyclic) bond motifs is 1. The maximum atomic E-state index is 11.0. The van der Waals surface area contributed by atoms with Crippen LogP contribution in [0.2, 0.25) is 0 Å². The van der Waals surface area contributed by atoms with Crippen molar-refractivity contribution in [1.82, 2.24) is 0 Å². The number of hydrogen-bond acceptors (Lipinski definition) is 2. The van der Waals surface area contributed by atoms with Gasteiger partial charge in [0.05, 0.1) is 5.69 Å². The Morgan fingerprint density at radius 1 is 1.40 bits per heavy atom. The lowest BCUT2D eigenvalue weighted by Gasteiger charge is -2.03. The summed E-state index contributed by atoms with van der Waals surface area (Å²) >= 11 is 0. The first-order valence-corrected chi connectivity index (χ1v) is 4.76. The Balaban J connectivity index is 2.57. The third-order valence-electron chi connectivity index (χ3n) is 2.42. The molecule has 3 heteroatoms. The van der Waals surface area contributed by atoms with Crippen LogP contribution in [-0.4, -0.2) is 17.3 Å². The fourth-order valence-electron chi connectivity index (χ4n) is 1.56. The maximum Gasteiger partial charge on any atom is 0.332 e. The van der Waals surface area contributed by atoms with Gasteiger partial charge in [0, 0.05) is 23.3 Å². The third-order valence-corrected chi connectivity index (χ3v) is 2.42. The molecule has 1 heterocycles. The summed E-state index contributed by atoms with van der Waals surface area (Å²) < 4.78 is 0. The Morgan fingerprint density at radius 3 is 2.87 bits per heavy atom. The minimum Gasteiger partial charge on any atom is -0.478 e. The number of carboxylic acid groups (broad SMARTS) is 1. The second kappa shape index (κ2) is 3.69. The Kier molecular flexibility index (Phi) is 2.37. The van der Waals surface area contributed by atoms with E-state index in [-0.39, 0.29) is 5.92 Å². The summed E-state index contributed by atoms with van der Waals surface area (Å²) in [5.74, 6) is -1.04. The first kappa shape index (κ1) is 9.65. The first-order chi connectivity index (χ1) is 7.18. The summed E-state index contributed by atoms with van der Waals surface area (Å²) in [5.41, 5.74) is 2.06. The SMILES string of the molecule is C[C@@H]1C=Nc2ccccc2C=C1C(=O)O. The van der Waals surface area contributed by atoms with Gasteiger partial charge in [-0.2, -0.15) is 0 Å². The number of hydrogen-bond donors (Lipinski definition) is 1. The number of rotatable bonds is 1. The molecule has 0 unspecified atom stereocenters. The van der Waals surface area contributed by atoms with E-state index in [0.717, 1.165) is 11.3 Å². The van der Waals surface area contributed by atoms with Crippen molar-refractivity contribution in [2.75, 3.05) is 0 Å². The molecule has 0 saturated heterocycles. The number of aliphatic carboxylic acids is 1. The number of carbonyl (C=O) groups is 1. The molecule has 1 aromatic rings. The molecule has 3 nitrogen and oxygen atoms in total. The number of aliphatic imine (C=N–C) groups is 1. The van der Waals surface area contributed by atoms with Gasteiger partial charge in [-0.25, -0.2) is 4.79 Å². The molecule has 0 bridgehead atoms. The van der Waals surface area contributed by atoms with E-state index in [2.05, 4.69) is 4.99 Å². The molecule has 1 aliphatic heterocycles. The average Bonchev–Trinajstić information content (AvgIpc) is 2.39. The van der Waals surface area contributed by atoms with Crippen molar-refractivity contribution in [3.05, 3.63) is 35.4 Å². The van der Waals surface area contributed by atoms with E-state index >= 15 is 0 Å². The van der Waals surface area contributed by atoms with Gasteiger partial charge in [0.2, 0.25) is 0 Å². The van der Waals surface area contributed by atoms with Crippen molar-refractivity contribution in [3.63, 3.8) is 0 Å². The lowest BCUT2D eigenvalue weighted by molar-refractivity contribution is -0.132. The average molecular weight is 201 g/mol. The molecule has 0 radical (unpaired) electrons. The van der Waals surface area contributed by atoms with Crippen molar-refractivity contribution in [2.45, 2.75) is 6.92 Å². The van der Waals surface area contributed by atoms with Crippen LogP contribution >= 0.6 is 0 Å². The molecular weight excluding hydrogens is 190 g/mol. The first-order valence-electron chi connectivity index (χ1n) is 4.76. The van der Waals surface area contributed by atoms with Crippen LogP contribution in [0.3, 0.4) is 0 Å². The fraction of sp³-hybridized carbons (Fsp3) is 0.167. The van der Waals surface area contributed by atoms with Gasteiger partial charge in [-0.3, -0.25) is 4.99 Å². The van der Waals surface area contributed by atoms with Gasteiger partial charge in [-0.15, -0.1) is 0 Å². The number of benzene rings is 1. The minimum absolute atomic E-state index is 0.158. The molecule has 1 atom stereocenters. The highest BCUT2D eigenvalue weighted by Crippen LogP contribution is 2.26. The Bertz CT molecular complexity index is 460. The van der Waals surface area contributed by atoms with Gasteiger partial charge in [0.1, 0.15) is 0 Å². The molecule has 1 aromatic carbocycles. The van der Waals surface area contributed by atoms with Gasteiger partial charge < -0.3 is 5.11 Å². The number of nitrogens with zero attached hydrogens (tertiary/aromatic N) is 1. The second-order valence-corrected chi connectivity index (χ2v) is 3.53. The van der Waals surface area contributed by atoms with Crippen LogP contribution in [0.15, 0.2) is 34.8 Å². The van der Waals surface area contributed by atoms with E-state index in [4.69, 9.17) is 5.11 Å². The summed E-state index contributed by atoms with van der Waals surface area (Å²) in [4.78, 5) is 15.3. The standard InChI is InChI=1S/C12H11NO2/c1-8-7-13-11-5-3-2-4-9(11)6-10(8)12(14)15/h2-8H,1H3,(H,14,15)/t8-/m1/s1. The van der Waals surface area contributed by atoms with Crippen LogP contribution in [0.1, 0.15) is 12.5 Å². The Hall–Kier alpha value is -1.90. The van der Waals surface area contributed by atoms with Crippen molar-refractivity contribution in [3.8, 4) is 0 Å². The molecular formula is C12H11NO2. The number of para-hydroxylation sites is 1. The molecule has 0 amide bonds. The molecule has 1 aliphatic rings. The van der Waals surface area contributed by atoms with Gasteiger partial charge in [-0.05, 0) is 12.1 Å². The molecule has 0 spiro atoms. The van der Waals surface area contributed by atoms with E-state index in [0.29, 0.717) is 5.57 Å². The predicted molar refractivity (Wildman–Crippen MR) is 59.4 cm³/mol. The van der Waals surface area contributed by atoms with Crippen LogP contribution in [0.25, 0.3) is 6.08 Å². The molecule has 0 fully saturated rings. The highest BCUT2D eigenvalue weighted by molar-refractivity contribution is 5.99. The summed E-state index contributed by atoms with van der Waals surface area (Å²) in [7, 11) is 0. The van der Waals surface area contributed by atoms with E-state index in [9.17, 15) is 4.79 Å². The lowest BCUT2D eigenvalue weighted by Crippen LogP contribution is -2.09. The molecule has 1 N–H and O–H groups in total. The lowest BCUT2D eigenvalue weighted by atomic mass is 10.0. The van der Waals surface area contributed by atoms with Crippen LogP contribution in [0.4, 0.5) is 5.69 Å². The third kappa shape index (κ3) is 1.81. The summed E-state index contributed by atoms with van der Waals surface area (Å²) in [6.07, 6.45) is 3.36. The fourth-order valence-corrected chi connectivity index (χ4v) is 1.56. The molecule has 76 valence electrons. The Labute approximate surface area is 87.8 Å². The zero-order chi connectivity index (χ0) is 10.8. The van der Waals surface area contributed by atoms with E-state index in [1.165, 1.54) is 0 Å². The highest BCUT2D eigenvalue weighted by Gasteiger charge is 2.17. The number of carboxylic acids is 1. The van der Waals surface area contributed by atoms with Crippen molar-refractivity contribution >= 4 is 23.9 Å². The van der Waals surface area contributed by atoms with Crippen LogP contribution in [0, 0.1) is 5.92 Å². The molecule has 15 heavy (non-hydrogen) atoms. The Morgan fingerprint density at radius 2 is 2.13 bits per heavy atom. The summed E-state index contributed by atoms with van der Waals surface area (Å²) in [5, 5.41) is 9.03. The van der Waals surface area contributed by atoms with Crippen LogP contribution in [0.5, 0.6) is 0 Å².